The molecular weight excluding hydrogens is 216 g/mol. The van der Waals surface area contributed by atoms with Crippen LogP contribution in [-0.2, 0) is 0 Å². The van der Waals surface area contributed by atoms with Crippen LogP contribution < -0.4 is 14.8 Å². The van der Waals surface area contributed by atoms with Crippen LogP contribution in [0.3, 0.4) is 0 Å². The van der Waals surface area contributed by atoms with E-state index in [1.165, 1.54) is 6.42 Å². The zero-order valence-electron chi connectivity index (χ0n) is 10.5. The van der Waals surface area contributed by atoms with Gasteiger partial charge in [0, 0.05) is 11.8 Å². The van der Waals surface area contributed by atoms with Crippen LogP contribution in [-0.4, -0.2) is 38.4 Å². The number of anilines is 1. The maximum absolute atomic E-state index is 5.54. The minimum atomic E-state index is 0.631. The van der Waals surface area contributed by atoms with E-state index >= 15 is 0 Å². The molecule has 0 saturated heterocycles. The van der Waals surface area contributed by atoms with Gasteiger partial charge in [-0.3, -0.25) is 4.90 Å². The zero-order chi connectivity index (χ0) is 12.1. The Morgan fingerprint density at radius 1 is 1.24 bits per heavy atom. The third kappa shape index (κ3) is 3.27. The smallest absolute Gasteiger partial charge is 0.163 e. The van der Waals surface area contributed by atoms with Crippen molar-refractivity contribution >= 4 is 5.69 Å². The Hall–Kier alpha value is -1.42. The molecule has 4 nitrogen and oxygen atoms in total. The summed E-state index contributed by atoms with van der Waals surface area (Å²) in [4.78, 5) is 2.25. The number of hydrogen-bond acceptors (Lipinski definition) is 4. The highest BCUT2D eigenvalue weighted by Gasteiger charge is 2.11. The Balaban J connectivity index is 1.93. The summed E-state index contributed by atoms with van der Waals surface area (Å²) in [7, 11) is 2.11. The lowest BCUT2D eigenvalue weighted by molar-refractivity contribution is 0.171. The van der Waals surface area contributed by atoms with Crippen LogP contribution in [0.25, 0.3) is 0 Å². The van der Waals surface area contributed by atoms with E-state index in [9.17, 15) is 0 Å². The van der Waals surface area contributed by atoms with Gasteiger partial charge >= 0.3 is 0 Å². The van der Waals surface area contributed by atoms with Gasteiger partial charge in [-0.15, -0.1) is 0 Å². The Kier molecular flexibility index (Phi) is 4.09. The number of hydrogen-bond donors (Lipinski definition) is 1. The molecule has 0 atom stereocenters. The number of nitrogens with one attached hydrogen (secondary N) is 1. The highest BCUT2D eigenvalue weighted by atomic mass is 16.6. The van der Waals surface area contributed by atoms with Crippen LogP contribution in [0.2, 0.25) is 0 Å². The quantitative estimate of drug-likeness (QED) is 0.794. The Morgan fingerprint density at radius 3 is 2.76 bits per heavy atom. The van der Waals surface area contributed by atoms with E-state index in [-0.39, 0.29) is 0 Å². The zero-order valence-corrected chi connectivity index (χ0v) is 10.5. The average Bonchev–Trinajstić information content (AvgIpc) is 2.36. The number of benzene rings is 1. The molecule has 0 bridgehead atoms. The van der Waals surface area contributed by atoms with Gasteiger partial charge in [-0.1, -0.05) is 6.92 Å². The Bertz CT molecular complexity index is 368. The minimum Gasteiger partial charge on any atom is -0.486 e. The predicted octanol–water partition coefficient (Wildman–Crippen LogP) is 2.17. The van der Waals surface area contributed by atoms with Crippen LogP contribution in [0.5, 0.6) is 11.5 Å². The van der Waals surface area contributed by atoms with Gasteiger partial charge in [-0.25, -0.2) is 0 Å². The lowest BCUT2D eigenvalue weighted by Gasteiger charge is -2.21. The number of ether oxygens (including phenoxy) is 2. The maximum atomic E-state index is 5.54. The second-order valence-corrected chi connectivity index (χ2v) is 4.27. The van der Waals surface area contributed by atoms with E-state index in [1.54, 1.807) is 0 Å². The van der Waals surface area contributed by atoms with E-state index in [1.807, 2.05) is 18.2 Å². The van der Waals surface area contributed by atoms with E-state index in [2.05, 4.69) is 24.2 Å². The number of nitrogens with zero attached hydrogens (tertiary/aromatic N) is 1. The second-order valence-electron chi connectivity index (χ2n) is 4.27. The van der Waals surface area contributed by atoms with Crippen LogP contribution in [0.1, 0.15) is 13.3 Å². The first-order valence-electron chi connectivity index (χ1n) is 6.11. The standard InChI is InChI=1S/C13H20N2O2/c1-3-6-15(2)10-14-11-4-5-12-13(9-11)17-8-7-16-12/h4-5,9,14H,3,6-8,10H2,1-2H3. The van der Waals surface area contributed by atoms with Gasteiger partial charge in [0.1, 0.15) is 13.2 Å². The molecule has 1 heterocycles. The first kappa shape index (κ1) is 12.0. The topological polar surface area (TPSA) is 33.7 Å². The van der Waals surface area contributed by atoms with E-state index in [0.29, 0.717) is 13.2 Å². The summed E-state index contributed by atoms with van der Waals surface area (Å²) >= 11 is 0. The fraction of sp³-hybridized carbons (Fsp3) is 0.538. The highest BCUT2D eigenvalue weighted by Crippen LogP contribution is 2.32. The Labute approximate surface area is 103 Å². The Morgan fingerprint density at radius 2 is 2.00 bits per heavy atom. The molecule has 0 aliphatic carbocycles. The molecule has 2 rings (SSSR count). The van der Waals surface area contributed by atoms with Gasteiger partial charge in [0.2, 0.25) is 0 Å². The summed E-state index contributed by atoms with van der Waals surface area (Å²) < 4.78 is 11.0. The molecule has 1 aliphatic heterocycles. The van der Waals surface area contributed by atoms with E-state index in [4.69, 9.17) is 9.47 Å². The first-order valence-corrected chi connectivity index (χ1v) is 6.11. The fourth-order valence-electron chi connectivity index (χ4n) is 1.84. The number of rotatable bonds is 5. The van der Waals surface area contributed by atoms with Crippen LogP contribution >= 0.6 is 0 Å². The molecule has 4 heteroatoms. The molecule has 0 unspecified atom stereocenters. The van der Waals surface area contributed by atoms with Crippen molar-refractivity contribution in [3.63, 3.8) is 0 Å². The van der Waals surface area contributed by atoms with Gasteiger partial charge < -0.3 is 14.8 Å². The molecule has 1 aliphatic rings. The first-order chi connectivity index (χ1) is 8.29. The molecule has 0 radical (unpaired) electrons. The van der Waals surface area contributed by atoms with Crippen molar-refractivity contribution in [1.29, 1.82) is 0 Å². The van der Waals surface area contributed by atoms with Gasteiger partial charge in [0.05, 0.1) is 6.67 Å². The fourth-order valence-corrected chi connectivity index (χ4v) is 1.84. The summed E-state index contributed by atoms with van der Waals surface area (Å²) in [6.45, 7) is 5.39. The van der Waals surface area contributed by atoms with Crippen molar-refractivity contribution in [2.75, 3.05) is 38.8 Å². The molecule has 0 aromatic heterocycles. The van der Waals surface area contributed by atoms with E-state index < -0.39 is 0 Å². The SMILES string of the molecule is CCCN(C)CNc1ccc2c(c1)OCCO2. The molecule has 17 heavy (non-hydrogen) atoms. The second kappa shape index (κ2) is 5.77. The minimum absolute atomic E-state index is 0.631. The van der Waals surface area contributed by atoms with Crippen molar-refractivity contribution in [1.82, 2.24) is 4.90 Å². The van der Waals surface area contributed by atoms with Crippen LogP contribution in [0.15, 0.2) is 18.2 Å². The number of fused-ring (bicyclic) bond motifs is 1. The van der Waals surface area contributed by atoms with Crippen molar-refractivity contribution in [2.45, 2.75) is 13.3 Å². The van der Waals surface area contributed by atoms with Crippen LogP contribution in [0, 0.1) is 0 Å². The summed E-state index contributed by atoms with van der Waals surface area (Å²) in [5, 5.41) is 3.37. The van der Waals surface area contributed by atoms with Crippen molar-refractivity contribution in [3.8, 4) is 11.5 Å². The molecule has 0 amide bonds. The summed E-state index contributed by atoms with van der Waals surface area (Å²) in [6.07, 6.45) is 1.17. The van der Waals surface area contributed by atoms with Gasteiger partial charge in [0.25, 0.3) is 0 Å². The molecule has 0 spiro atoms. The van der Waals surface area contributed by atoms with Crippen molar-refractivity contribution in [2.24, 2.45) is 0 Å². The third-order valence-corrected chi connectivity index (χ3v) is 2.70. The normalized spacial score (nSPS) is 13.8. The molecule has 1 aromatic rings. The molecule has 0 saturated carbocycles. The van der Waals surface area contributed by atoms with Crippen LogP contribution in [0.4, 0.5) is 5.69 Å². The molecule has 1 N–H and O–H groups in total. The van der Waals surface area contributed by atoms with Gasteiger partial charge in [-0.05, 0) is 32.1 Å². The molecule has 94 valence electrons. The lowest BCUT2D eigenvalue weighted by Crippen LogP contribution is -2.25. The molecule has 1 aromatic carbocycles. The lowest BCUT2D eigenvalue weighted by atomic mass is 10.2. The maximum Gasteiger partial charge on any atom is 0.163 e. The van der Waals surface area contributed by atoms with Gasteiger partial charge in [0.15, 0.2) is 11.5 Å². The monoisotopic (exact) mass is 236 g/mol. The highest BCUT2D eigenvalue weighted by molar-refractivity contribution is 5.55. The molecular formula is C13H20N2O2. The summed E-state index contributed by atoms with van der Waals surface area (Å²) in [5.41, 5.74) is 1.07. The van der Waals surface area contributed by atoms with Crippen molar-refractivity contribution < 1.29 is 9.47 Å². The van der Waals surface area contributed by atoms with Crippen molar-refractivity contribution in [3.05, 3.63) is 18.2 Å². The summed E-state index contributed by atoms with van der Waals surface area (Å²) in [6, 6.07) is 5.97. The summed E-state index contributed by atoms with van der Waals surface area (Å²) in [5.74, 6) is 1.67. The third-order valence-electron chi connectivity index (χ3n) is 2.70. The largest absolute Gasteiger partial charge is 0.486 e. The predicted molar refractivity (Wildman–Crippen MR) is 68.8 cm³/mol. The average molecular weight is 236 g/mol. The molecule has 0 fully saturated rings. The van der Waals surface area contributed by atoms with E-state index in [0.717, 1.165) is 30.4 Å². The van der Waals surface area contributed by atoms with Gasteiger partial charge in [-0.2, -0.15) is 0 Å².